The Balaban J connectivity index is 2.87. The van der Waals surface area contributed by atoms with Crippen molar-refractivity contribution in [2.45, 2.75) is 27.7 Å². The van der Waals surface area contributed by atoms with E-state index < -0.39 is 0 Å². The normalized spacial score (nSPS) is 10.5. The number of hydrogen-bond acceptors (Lipinski definition) is 2. The second-order valence-electron chi connectivity index (χ2n) is 5.17. The van der Waals surface area contributed by atoms with E-state index in [2.05, 4.69) is 33.8 Å². The van der Waals surface area contributed by atoms with Crippen LogP contribution in [0.4, 0.5) is 0 Å². The van der Waals surface area contributed by atoms with Crippen molar-refractivity contribution < 1.29 is 9.47 Å². The van der Waals surface area contributed by atoms with E-state index in [-0.39, 0.29) is 0 Å². The summed E-state index contributed by atoms with van der Waals surface area (Å²) in [6, 6.07) is 8.15. The topological polar surface area (TPSA) is 18.5 Å². The van der Waals surface area contributed by atoms with E-state index in [0.717, 1.165) is 17.1 Å². The number of aryl methyl sites for hydroxylation is 2. The van der Waals surface area contributed by atoms with Crippen LogP contribution in [0, 0.1) is 27.7 Å². The molecule has 0 aliphatic carbocycles. The summed E-state index contributed by atoms with van der Waals surface area (Å²) in [5, 5.41) is 0. The molecule has 2 rings (SSSR count). The molecule has 0 N–H and O–H groups in total. The van der Waals surface area contributed by atoms with E-state index in [4.69, 9.17) is 9.47 Å². The molecule has 0 heterocycles. The smallest absolute Gasteiger partial charge is 0.130 e. The van der Waals surface area contributed by atoms with Crippen molar-refractivity contribution in [2.75, 3.05) is 14.2 Å². The quantitative estimate of drug-likeness (QED) is 0.811. The summed E-state index contributed by atoms with van der Waals surface area (Å²) in [5.41, 5.74) is 7.38. The number of ether oxygens (including phenoxy) is 2. The monoisotopic (exact) mass is 270 g/mol. The molecule has 2 aromatic carbocycles. The van der Waals surface area contributed by atoms with Gasteiger partial charge in [0, 0.05) is 0 Å². The lowest BCUT2D eigenvalue weighted by Gasteiger charge is -2.20. The van der Waals surface area contributed by atoms with E-state index in [1.165, 1.54) is 27.8 Å². The minimum atomic E-state index is 0.848. The van der Waals surface area contributed by atoms with E-state index in [1.54, 1.807) is 14.2 Å². The van der Waals surface area contributed by atoms with Crippen molar-refractivity contribution in [3.63, 3.8) is 0 Å². The van der Waals surface area contributed by atoms with E-state index in [9.17, 15) is 0 Å². The van der Waals surface area contributed by atoms with Crippen LogP contribution in [0.3, 0.4) is 0 Å². The van der Waals surface area contributed by atoms with Crippen LogP contribution < -0.4 is 9.47 Å². The predicted molar refractivity (Wildman–Crippen MR) is 83.9 cm³/mol. The van der Waals surface area contributed by atoms with Crippen LogP contribution in [-0.2, 0) is 0 Å². The molecule has 0 saturated carbocycles. The molecule has 0 radical (unpaired) electrons. The van der Waals surface area contributed by atoms with Crippen molar-refractivity contribution in [1.82, 2.24) is 0 Å². The molecule has 0 unspecified atom stereocenters. The maximum atomic E-state index is 5.55. The van der Waals surface area contributed by atoms with E-state index in [1.807, 2.05) is 18.2 Å². The number of rotatable bonds is 3. The standard InChI is InChI=1S/C18H22O2/c1-11-10-12(2)14(4)17(13(11)3)18-15(19-5)8-7-9-16(18)20-6/h7-10H,1-6H3. The molecular formula is C18H22O2. The van der Waals surface area contributed by atoms with Gasteiger partial charge in [0.1, 0.15) is 11.5 Å². The van der Waals surface area contributed by atoms with Gasteiger partial charge in [-0.3, -0.25) is 0 Å². The summed E-state index contributed by atoms with van der Waals surface area (Å²) >= 11 is 0. The van der Waals surface area contributed by atoms with Gasteiger partial charge >= 0.3 is 0 Å². The molecule has 2 aromatic rings. The van der Waals surface area contributed by atoms with Crippen LogP contribution in [0.15, 0.2) is 24.3 Å². The zero-order valence-electron chi connectivity index (χ0n) is 13.1. The first kappa shape index (κ1) is 14.4. The Labute approximate surface area is 121 Å². The van der Waals surface area contributed by atoms with Crippen LogP contribution in [0.5, 0.6) is 11.5 Å². The van der Waals surface area contributed by atoms with Gasteiger partial charge in [0.05, 0.1) is 19.8 Å². The Hall–Kier alpha value is -1.96. The van der Waals surface area contributed by atoms with Crippen LogP contribution in [0.2, 0.25) is 0 Å². The average molecular weight is 270 g/mol. The van der Waals surface area contributed by atoms with Gasteiger partial charge in [-0.2, -0.15) is 0 Å². The Morgan fingerprint density at radius 1 is 0.700 bits per heavy atom. The zero-order chi connectivity index (χ0) is 14.9. The van der Waals surface area contributed by atoms with Crippen LogP contribution in [-0.4, -0.2) is 14.2 Å². The lowest BCUT2D eigenvalue weighted by molar-refractivity contribution is 0.397. The van der Waals surface area contributed by atoms with Crippen molar-refractivity contribution in [2.24, 2.45) is 0 Å². The Morgan fingerprint density at radius 2 is 1.15 bits per heavy atom. The van der Waals surface area contributed by atoms with Gasteiger partial charge in [0.25, 0.3) is 0 Å². The lowest BCUT2D eigenvalue weighted by Crippen LogP contribution is -1.99. The Morgan fingerprint density at radius 3 is 1.55 bits per heavy atom. The molecule has 2 heteroatoms. The summed E-state index contributed by atoms with van der Waals surface area (Å²) in [5.74, 6) is 1.70. The zero-order valence-corrected chi connectivity index (χ0v) is 13.1. The first-order valence-corrected chi connectivity index (χ1v) is 6.80. The highest BCUT2D eigenvalue weighted by Crippen LogP contribution is 2.42. The maximum absolute atomic E-state index is 5.55. The molecule has 0 atom stereocenters. The summed E-state index contributed by atoms with van der Waals surface area (Å²) < 4.78 is 11.1. The molecule has 0 saturated heterocycles. The maximum Gasteiger partial charge on any atom is 0.130 e. The van der Waals surface area contributed by atoms with Gasteiger partial charge in [0.15, 0.2) is 0 Å². The van der Waals surface area contributed by atoms with Gasteiger partial charge in [-0.25, -0.2) is 0 Å². The van der Waals surface area contributed by atoms with E-state index in [0.29, 0.717) is 0 Å². The predicted octanol–water partition coefficient (Wildman–Crippen LogP) is 4.60. The molecule has 106 valence electrons. The summed E-state index contributed by atoms with van der Waals surface area (Å²) in [4.78, 5) is 0. The van der Waals surface area contributed by atoms with Crippen molar-refractivity contribution >= 4 is 0 Å². The highest BCUT2D eigenvalue weighted by Gasteiger charge is 2.18. The third-order valence-corrected chi connectivity index (χ3v) is 4.04. The fraction of sp³-hybridized carbons (Fsp3) is 0.333. The highest BCUT2D eigenvalue weighted by molar-refractivity contribution is 5.82. The molecule has 0 amide bonds. The van der Waals surface area contributed by atoms with Crippen LogP contribution in [0.25, 0.3) is 11.1 Å². The average Bonchev–Trinajstić information content (AvgIpc) is 2.45. The second kappa shape index (κ2) is 5.58. The van der Waals surface area contributed by atoms with Crippen molar-refractivity contribution in [3.05, 3.63) is 46.5 Å². The van der Waals surface area contributed by atoms with Gasteiger partial charge in [-0.1, -0.05) is 12.1 Å². The SMILES string of the molecule is COc1cccc(OC)c1-c1c(C)c(C)cc(C)c1C. The minimum absolute atomic E-state index is 0.848. The van der Waals surface area contributed by atoms with Crippen LogP contribution >= 0.6 is 0 Å². The number of hydrogen-bond donors (Lipinski definition) is 0. The molecule has 0 spiro atoms. The summed E-state index contributed by atoms with van der Waals surface area (Å²) in [6.07, 6.45) is 0. The highest BCUT2D eigenvalue weighted by atomic mass is 16.5. The molecule has 0 aliphatic heterocycles. The first-order valence-electron chi connectivity index (χ1n) is 6.80. The van der Waals surface area contributed by atoms with Crippen LogP contribution in [0.1, 0.15) is 22.3 Å². The molecule has 0 aliphatic rings. The van der Waals surface area contributed by atoms with Crippen molar-refractivity contribution in [1.29, 1.82) is 0 Å². The fourth-order valence-electron chi connectivity index (χ4n) is 2.69. The van der Waals surface area contributed by atoms with Gasteiger partial charge < -0.3 is 9.47 Å². The van der Waals surface area contributed by atoms with Crippen molar-refractivity contribution in [3.8, 4) is 22.6 Å². The lowest BCUT2D eigenvalue weighted by atomic mass is 9.89. The fourth-order valence-corrected chi connectivity index (χ4v) is 2.69. The Kier molecular flexibility index (Phi) is 4.03. The third-order valence-electron chi connectivity index (χ3n) is 4.04. The third kappa shape index (κ3) is 2.26. The first-order chi connectivity index (χ1) is 9.51. The summed E-state index contributed by atoms with van der Waals surface area (Å²) in [6.45, 7) is 8.60. The van der Waals surface area contributed by atoms with Gasteiger partial charge in [0.2, 0.25) is 0 Å². The molecule has 2 nitrogen and oxygen atoms in total. The number of benzene rings is 2. The Bertz CT molecular complexity index is 594. The number of methoxy groups -OCH3 is 2. The van der Waals surface area contributed by atoms with Gasteiger partial charge in [-0.05, 0) is 67.6 Å². The molecule has 20 heavy (non-hydrogen) atoms. The van der Waals surface area contributed by atoms with Gasteiger partial charge in [-0.15, -0.1) is 0 Å². The summed E-state index contributed by atoms with van der Waals surface area (Å²) in [7, 11) is 3.40. The van der Waals surface area contributed by atoms with E-state index >= 15 is 0 Å². The molecule has 0 fully saturated rings. The second-order valence-corrected chi connectivity index (χ2v) is 5.17. The molecule has 0 aromatic heterocycles. The molecular weight excluding hydrogens is 248 g/mol. The molecule has 0 bridgehead atoms. The minimum Gasteiger partial charge on any atom is -0.496 e. The largest absolute Gasteiger partial charge is 0.496 e.